The molecule has 5 nitrogen and oxygen atoms in total. The molecule has 160 valence electrons. The van der Waals surface area contributed by atoms with Gasteiger partial charge in [-0.25, -0.2) is 0 Å². The van der Waals surface area contributed by atoms with Crippen LogP contribution in [0.1, 0.15) is 11.1 Å². The second-order valence-electron chi connectivity index (χ2n) is 5.96. The van der Waals surface area contributed by atoms with Crippen molar-refractivity contribution in [3.8, 4) is 11.5 Å². The Balaban J connectivity index is 0.00000420. The summed E-state index contributed by atoms with van der Waals surface area (Å²) < 4.78 is 47.2. The van der Waals surface area contributed by atoms with Crippen molar-refractivity contribution >= 4 is 29.9 Å². The largest absolute Gasteiger partial charge is 0.497 e. The molecule has 0 heterocycles. The molecule has 0 amide bonds. The molecule has 0 saturated carbocycles. The molecule has 0 aliphatic carbocycles. The number of halogens is 4. The molecule has 2 aromatic rings. The Morgan fingerprint density at radius 1 is 1.03 bits per heavy atom. The second-order valence-corrected chi connectivity index (χ2v) is 5.96. The van der Waals surface area contributed by atoms with Crippen molar-refractivity contribution in [1.82, 2.24) is 10.6 Å². The summed E-state index contributed by atoms with van der Waals surface area (Å²) in [5, 5.41) is 6.26. The van der Waals surface area contributed by atoms with Gasteiger partial charge in [0.2, 0.25) is 0 Å². The maximum Gasteiger partial charge on any atom is 0.422 e. The molecule has 0 aliphatic rings. The summed E-state index contributed by atoms with van der Waals surface area (Å²) in [7, 11) is 3.26. The van der Waals surface area contributed by atoms with E-state index in [0.29, 0.717) is 18.1 Å². The average Bonchev–Trinajstić information content (AvgIpc) is 2.69. The first-order chi connectivity index (χ1) is 13.4. The second kappa shape index (κ2) is 12.4. The molecule has 0 atom stereocenters. The fourth-order valence-electron chi connectivity index (χ4n) is 2.47. The number of rotatable bonds is 8. The number of nitrogens with zero attached hydrogens (tertiary/aromatic N) is 1. The fourth-order valence-corrected chi connectivity index (χ4v) is 2.47. The van der Waals surface area contributed by atoms with Crippen LogP contribution in [0.4, 0.5) is 13.2 Å². The number of methoxy groups -OCH3 is 1. The van der Waals surface area contributed by atoms with E-state index in [1.165, 1.54) is 6.07 Å². The SMILES string of the molecule is CN=C(NCCc1ccc(OC)cc1)NCc1ccccc1OCC(F)(F)F.I. The highest BCUT2D eigenvalue weighted by molar-refractivity contribution is 14.0. The van der Waals surface area contributed by atoms with E-state index in [-0.39, 0.29) is 36.3 Å². The minimum absolute atomic E-state index is 0. The summed E-state index contributed by atoms with van der Waals surface area (Å²) in [5.74, 6) is 1.56. The smallest absolute Gasteiger partial charge is 0.422 e. The number of hydrogen-bond donors (Lipinski definition) is 2. The van der Waals surface area contributed by atoms with Gasteiger partial charge in [-0.15, -0.1) is 24.0 Å². The molecular formula is C20H25F3IN3O2. The average molecular weight is 523 g/mol. The highest BCUT2D eigenvalue weighted by Crippen LogP contribution is 2.22. The van der Waals surface area contributed by atoms with Gasteiger partial charge in [-0.2, -0.15) is 13.2 Å². The van der Waals surface area contributed by atoms with Crippen LogP contribution in [-0.2, 0) is 13.0 Å². The first kappa shape index (κ1) is 24.9. The standard InChI is InChI=1S/C20H24F3N3O2.HI/c1-24-19(25-12-11-15-7-9-17(27-2)10-8-15)26-13-16-5-3-4-6-18(16)28-14-20(21,22)23;/h3-10H,11-14H2,1-2H3,(H2,24,25,26);1H. The molecule has 0 fully saturated rings. The molecule has 0 radical (unpaired) electrons. The van der Waals surface area contributed by atoms with E-state index in [1.807, 2.05) is 24.3 Å². The van der Waals surface area contributed by atoms with Crippen LogP contribution in [0.25, 0.3) is 0 Å². The van der Waals surface area contributed by atoms with Crippen LogP contribution in [0, 0.1) is 0 Å². The van der Waals surface area contributed by atoms with E-state index in [0.717, 1.165) is 17.7 Å². The molecule has 0 bridgehead atoms. The molecule has 0 aromatic heterocycles. The fraction of sp³-hybridized carbons (Fsp3) is 0.350. The Morgan fingerprint density at radius 3 is 2.34 bits per heavy atom. The van der Waals surface area contributed by atoms with E-state index < -0.39 is 12.8 Å². The first-order valence-corrected chi connectivity index (χ1v) is 8.76. The monoisotopic (exact) mass is 523 g/mol. The minimum Gasteiger partial charge on any atom is -0.497 e. The first-order valence-electron chi connectivity index (χ1n) is 8.76. The Kier molecular flexibility index (Phi) is 10.6. The molecule has 29 heavy (non-hydrogen) atoms. The molecule has 0 unspecified atom stereocenters. The lowest BCUT2D eigenvalue weighted by molar-refractivity contribution is -0.153. The number of alkyl halides is 3. The zero-order valence-electron chi connectivity index (χ0n) is 16.3. The molecule has 0 aliphatic heterocycles. The van der Waals surface area contributed by atoms with Gasteiger partial charge in [-0.3, -0.25) is 4.99 Å². The summed E-state index contributed by atoms with van der Waals surface area (Å²) in [6, 6.07) is 14.4. The number of ether oxygens (including phenoxy) is 2. The maximum atomic E-state index is 12.4. The van der Waals surface area contributed by atoms with E-state index >= 15 is 0 Å². The molecule has 2 rings (SSSR count). The van der Waals surface area contributed by atoms with Crippen LogP contribution in [-0.4, -0.2) is 39.4 Å². The third kappa shape index (κ3) is 9.25. The molecule has 0 saturated heterocycles. The van der Waals surface area contributed by atoms with Crippen LogP contribution in [0.5, 0.6) is 11.5 Å². The number of para-hydroxylation sites is 1. The lowest BCUT2D eigenvalue weighted by Gasteiger charge is -2.15. The summed E-state index contributed by atoms with van der Waals surface area (Å²) >= 11 is 0. The molecule has 2 N–H and O–H groups in total. The van der Waals surface area contributed by atoms with Crippen molar-refractivity contribution in [2.75, 3.05) is 27.3 Å². The Labute approximate surface area is 185 Å². The zero-order valence-corrected chi connectivity index (χ0v) is 18.6. The lowest BCUT2D eigenvalue weighted by Crippen LogP contribution is -2.38. The lowest BCUT2D eigenvalue weighted by atomic mass is 10.1. The number of hydrogen-bond acceptors (Lipinski definition) is 3. The van der Waals surface area contributed by atoms with Crippen LogP contribution >= 0.6 is 24.0 Å². The van der Waals surface area contributed by atoms with Gasteiger partial charge in [0.05, 0.1) is 7.11 Å². The summed E-state index contributed by atoms with van der Waals surface area (Å²) in [6.45, 7) is -0.382. The van der Waals surface area contributed by atoms with Crippen LogP contribution in [0.3, 0.4) is 0 Å². The molecule has 2 aromatic carbocycles. The minimum atomic E-state index is -4.38. The predicted molar refractivity (Wildman–Crippen MR) is 118 cm³/mol. The van der Waals surface area contributed by atoms with E-state index in [2.05, 4.69) is 15.6 Å². The summed E-state index contributed by atoms with van der Waals surface area (Å²) in [4.78, 5) is 4.13. The number of nitrogens with one attached hydrogen (secondary N) is 2. The van der Waals surface area contributed by atoms with Gasteiger partial charge in [-0.05, 0) is 30.2 Å². The van der Waals surface area contributed by atoms with Gasteiger partial charge in [0, 0.05) is 25.7 Å². The molecular weight excluding hydrogens is 498 g/mol. The molecule has 0 spiro atoms. The maximum absolute atomic E-state index is 12.4. The number of aliphatic imine (C=N–C) groups is 1. The Bertz CT molecular complexity index is 768. The van der Waals surface area contributed by atoms with E-state index in [1.54, 1.807) is 32.4 Å². The number of benzene rings is 2. The highest BCUT2D eigenvalue weighted by atomic mass is 127. The topological polar surface area (TPSA) is 54.9 Å². The van der Waals surface area contributed by atoms with Gasteiger partial charge in [0.1, 0.15) is 11.5 Å². The Hall–Kier alpha value is -2.17. The van der Waals surface area contributed by atoms with Gasteiger partial charge in [0.25, 0.3) is 0 Å². The van der Waals surface area contributed by atoms with Crippen LogP contribution in [0.2, 0.25) is 0 Å². The van der Waals surface area contributed by atoms with Crippen molar-refractivity contribution in [1.29, 1.82) is 0 Å². The van der Waals surface area contributed by atoms with Crippen molar-refractivity contribution in [3.63, 3.8) is 0 Å². The Morgan fingerprint density at radius 2 is 1.72 bits per heavy atom. The van der Waals surface area contributed by atoms with Crippen molar-refractivity contribution in [2.45, 2.75) is 19.1 Å². The third-order valence-corrected chi connectivity index (χ3v) is 3.90. The highest BCUT2D eigenvalue weighted by Gasteiger charge is 2.28. The van der Waals surface area contributed by atoms with Gasteiger partial charge in [0.15, 0.2) is 12.6 Å². The summed E-state index contributed by atoms with van der Waals surface area (Å²) in [6.07, 6.45) is -3.59. The predicted octanol–water partition coefficient (Wildman–Crippen LogP) is 4.16. The van der Waals surface area contributed by atoms with E-state index in [4.69, 9.17) is 9.47 Å². The van der Waals surface area contributed by atoms with Crippen molar-refractivity contribution in [3.05, 3.63) is 59.7 Å². The van der Waals surface area contributed by atoms with E-state index in [9.17, 15) is 13.2 Å². The summed E-state index contributed by atoms with van der Waals surface area (Å²) in [5.41, 5.74) is 1.76. The van der Waals surface area contributed by atoms with Crippen molar-refractivity contribution < 1.29 is 22.6 Å². The van der Waals surface area contributed by atoms with Crippen LogP contribution < -0.4 is 20.1 Å². The number of guanidine groups is 1. The molecule has 9 heteroatoms. The van der Waals surface area contributed by atoms with Crippen molar-refractivity contribution in [2.24, 2.45) is 4.99 Å². The van der Waals surface area contributed by atoms with Gasteiger partial charge < -0.3 is 20.1 Å². The quantitative estimate of drug-likeness (QED) is 0.310. The van der Waals surface area contributed by atoms with Gasteiger partial charge in [-0.1, -0.05) is 30.3 Å². The van der Waals surface area contributed by atoms with Crippen LogP contribution in [0.15, 0.2) is 53.5 Å². The normalized spacial score (nSPS) is 11.4. The third-order valence-electron chi connectivity index (χ3n) is 3.90. The zero-order chi connectivity index (χ0) is 20.4. The van der Waals surface area contributed by atoms with Gasteiger partial charge >= 0.3 is 6.18 Å².